The molecule has 0 unspecified atom stereocenters. The lowest BCUT2D eigenvalue weighted by molar-refractivity contribution is 0.605. The molecule has 2 nitrogen and oxygen atoms in total. The van der Waals surface area contributed by atoms with Gasteiger partial charge in [-0.3, -0.25) is 0 Å². The van der Waals surface area contributed by atoms with E-state index in [0.29, 0.717) is 4.90 Å². The van der Waals surface area contributed by atoms with Gasteiger partial charge in [0.15, 0.2) is 9.84 Å². The number of hydrogen-bond donors (Lipinski definition) is 0. The van der Waals surface area contributed by atoms with Gasteiger partial charge in [0, 0.05) is 5.41 Å². The van der Waals surface area contributed by atoms with Crippen LogP contribution in [0.4, 0.5) is 0 Å². The highest BCUT2D eigenvalue weighted by Crippen LogP contribution is 2.28. The molecule has 0 aliphatic carbocycles. The van der Waals surface area contributed by atoms with Crippen molar-refractivity contribution in [1.82, 2.24) is 0 Å². The third-order valence-electron chi connectivity index (χ3n) is 2.36. The first-order chi connectivity index (χ1) is 6.00. The van der Waals surface area contributed by atoms with E-state index in [9.17, 15) is 8.42 Å². The molecule has 0 atom stereocenters. The van der Waals surface area contributed by atoms with Crippen LogP contribution in [0.5, 0.6) is 0 Å². The Hall–Kier alpha value is -1.09. The fourth-order valence-corrected chi connectivity index (χ4v) is 2.69. The van der Waals surface area contributed by atoms with Crippen LogP contribution in [-0.4, -0.2) is 8.42 Å². The van der Waals surface area contributed by atoms with Gasteiger partial charge in [0.1, 0.15) is 0 Å². The minimum atomic E-state index is -3.13. The number of sulfone groups is 1. The van der Waals surface area contributed by atoms with Crippen molar-refractivity contribution in [2.75, 3.05) is 0 Å². The summed E-state index contributed by atoms with van der Waals surface area (Å²) >= 11 is 0. The molecular weight excluding hydrogens is 184 g/mol. The lowest BCUT2D eigenvalue weighted by Gasteiger charge is -2.03. The maximum absolute atomic E-state index is 11.4. The summed E-state index contributed by atoms with van der Waals surface area (Å²) in [7, 11) is -3.13. The molecule has 1 heterocycles. The first-order valence-corrected chi connectivity index (χ1v) is 5.60. The van der Waals surface area contributed by atoms with E-state index in [4.69, 9.17) is 0 Å². The second kappa shape index (κ2) is 2.45. The van der Waals surface area contributed by atoms with Crippen LogP contribution in [0.2, 0.25) is 0 Å². The topological polar surface area (TPSA) is 34.1 Å². The average Bonchev–Trinajstić information content (AvgIpc) is 2.31. The van der Waals surface area contributed by atoms with Crippen molar-refractivity contribution in [2.45, 2.75) is 18.7 Å². The van der Waals surface area contributed by atoms with Crippen molar-refractivity contribution in [3.63, 3.8) is 0 Å². The lowest BCUT2D eigenvalue weighted by Crippen LogP contribution is -1.95. The first-order valence-electron chi connectivity index (χ1n) is 4.05. The van der Waals surface area contributed by atoms with E-state index >= 15 is 0 Å². The van der Waals surface area contributed by atoms with Crippen LogP contribution in [0, 0.1) is 13.8 Å². The predicted molar refractivity (Wildman–Crippen MR) is 52.1 cm³/mol. The minimum absolute atomic E-state index is 0.440. The Balaban J connectivity index is 2.81. The molecule has 0 N–H and O–H groups in total. The fourth-order valence-electron chi connectivity index (χ4n) is 1.42. The number of fused-ring (bicyclic) bond motifs is 1. The van der Waals surface area contributed by atoms with Gasteiger partial charge in [0.05, 0.1) is 4.90 Å². The minimum Gasteiger partial charge on any atom is -0.219 e. The molecule has 0 radical (unpaired) electrons. The van der Waals surface area contributed by atoms with E-state index in [2.05, 4.69) is 0 Å². The molecule has 0 bridgehead atoms. The molecule has 3 heteroatoms. The van der Waals surface area contributed by atoms with Crippen LogP contribution >= 0.6 is 0 Å². The van der Waals surface area contributed by atoms with E-state index < -0.39 is 9.84 Å². The SMILES string of the molecule is Cc1cc2c(cc1C)S(=O)(=O)C=C2. The molecule has 1 aliphatic heterocycles. The third kappa shape index (κ3) is 1.20. The van der Waals surface area contributed by atoms with Gasteiger partial charge in [-0.15, -0.1) is 0 Å². The highest BCUT2D eigenvalue weighted by atomic mass is 32.2. The van der Waals surface area contributed by atoms with Gasteiger partial charge in [-0.1, -0.05) is 6.07 Å². The van der Waals surface area contributed by atoms with Gasteiger partial charge in [0.2, 0.25) is 0 Å². The van der Waals surface area contributed by atoms with E-state index in [1.54, 1.807) is 12.1 Å². The van der Waals surface area contributed by atoms with Crippen LogP contribution in [0.25, 0.3) is 6.08 Å². The summed E-state index contributed by atoms with van der Waals surface area (Å²) in [5.41, 5.74) is 2.95. The van der Waals surface area contributed by atoms with Crippen molar-refractivity contribution in [3.05, 3.63) is 34.2 Å². The second-order valence-electron chi connectivity index (χ2n) is 3.32. The Labute approximate surface area is 77.8 Å². The van der Waals surface area contributed by atoms with Crippen molar-refractivity contribution in [3.8, 4) is 0 Å². The molecule has 13 heavy (non-hydrogen) atoms. The van der Waals surface area contributed by atoms with Gasteiger partial charge < -0.3 is 0 Å². The summed E-state index contributed by atoms with van der Waals surface area (Å²) in [6.45, 7) is 3.90. The van der Waals surface area contributed by atoms with Crippen LogP contribution in [-0.2, 0) is 9.84 Å². The van der Waals surface area contributed by atoms with E-state index in [1.165, 1.54) is 5.41 Å². The zero-order valence-electron chi connectivity index (χ0n) is 7.53. The maximum atomic E-state index is 11.4. The van der Waals surface area contributed by atoms with Crippen LogP contribution in [0.1, 0.15) is 16.7 Å². The van der Waals surface area contributed by atoms with Gasteiger partial charge >= 0.3 is 0 Å². The molecule has 0 aromatic heterocycles. The fraction of sp³-hybridized carbons (Fsp3) is 0.200. The standard InChI is InChI=1S/C10H10O2S/c1-7-5-9-3-4-13(11,12)10(9)6-8(7)2/h3-6H,1-2H3. The van der Waals surface area contributed by atoms with Gasteiger partial charge in [0.25, 0.3) is 0 Å². The Morgan fingerprint density at radius 1 is 1.08 bits per heavy atom. The summed E-state index contributed by atoms with van der Waals surface area (Å²) in [6, 6.07) is 3.64. The maximum Gasteiger partial charge on any atom is 0.200 e. The molecule has 0 saturated carbocycles. The average molecular weight is 194 g/mol. The van der Waals surface area contributed by atoms with Crippen molar-refractivity contribution in [1.29, 1.82) is 0 Å². The number of hydrogen-bond acceptors (Lipinski definition) is 2. The molecule has 0 saturated heterocycles. The zero-order chi connectivity index (χ0) is 9.64. The normalized spacial score (nSPS) is 17.4. The zero-order valence-corrected chi connectivity index (χ0v) is 8.35. The lowest BCUT2D eigenvalue weighted by atomic mass is 10.1. The molecule has 1 aliphatic rings. The summed E-state index contributed by atoms with van der Waals surface area (Å²) in [6.07, 6.45) is 1.65. The molecule has 68 valence electrons. The Kier molecular flexibility index (Phi) is 1.60. The molecule has 0 spiro atoms. The van der Waals surface area contributed by atoms with Crippen molar-refractivity contribution >= 4 is 15.9 Å². The van der Waals surface area contributed by atoms with Crippen LogP contribution in [0.3, 0.4) is 0 Å². The largest absolute Gasteiger partial charge is 0.219 e. The van der Waals surface area contributed by atoms with E-state index in [0.717, 1.165) is 16.7 Å². The monoisotopic (exact) mass is 194 g/mol. The van der Waals surface area contributed by atoms with Crippen LogP contribution < -0.4 is 0 Å². The smallest absolute Gasteiger partial charge is 0.200 e. The molecule has 1 aromatic rings. The molecule has 0 fully saturated rings. The molecular formula is C10H10O2S. The first kappa shape index (κ1) is 8.51. The summed E-state index contributed by atoms with van der Waals surface area (Å²) < 4.78 is 22.9. The Morgan fingerprint density at radius 3 is 2.38 bits per heavy atom. The summed E-state index contributed by atoms with van der Waals surface area (Å²) in [4.78, 5) is 0.440. The van der Waals surface area contributed by atoms with Crippen LogP contribution in [0.15, 0.2) is 22.4 Å². The number of rotatable bonds is 0. The summed E-state index contributed by atoms with van der Waals surface area (Å²) in [5.74, 6) is 0. The molecule has 0 amide bonds. The van der Waals surface area contributed by atoms with E-state index in [-0.39, 0.29) is 0 Å². The van der Waals surface area contributed by atoms with Gasteiger partial charge in [-0.05, 0) is 42.7 Å². The highest BCUT2D eigenvalue weighted by Gasteiger charge is 2.20. The number of benzene rings is 1. The van der Waals surface area contributed by atoms with Crippen molar-refractivity contribution < 1.29 is 8.42 Å². The second-order valence-corrected chi connectivity index (χ2v) is 5.12. The molecule has 2 rings (SSSR count). The third-order valence-corrected chi connectivity index (χ3v) is 3.82. The quantitative estimate of drug-likeness (QED) is 0.633. The molecule has 1 aromatic carbocycles. The van der Waals surface area contributed by atoms with Crippen molar-refractivity contribution in [2.24, 2.45) is 0 Å². The highest BCUT2D eigenvalue weighted by molar-refractivity contribution is 7.94. The Bertz CT molecular complexity index is 496. The van der Waals surface area contributed by atoms with Gasteiger partial charge in [-0.2, -0.15) is 0 Å². The summed E-state index contributed by atoms with van der Waals surface area (Å²) in [5, 5.41) is 1.26. The Morgan fingerprint density at radius 2 is 1.69 bits per heavy atom. The predicted octanol–water partition coefficient (Wildman–Crippen LogP) is 2.06. The number of aryl methyl sites for hydroxylation is 2. The van der Waals surface area contributed by atoms with E-state index in [1.807, 2.05) is 19.9 Å². The van der Waals surface area contributed by atoms with Gasteiger partial charge in [-0.25, -0.2) is 8.42 Å².